The van der Waals surface area contributed by atoms with Crippen LogP contribution in [-0.2, 0) is 7.05 Å². The van der Waals surface area contributed by atoms with E-state index < -0.39 is 0 Å². The summed E-state index contributed by atoms with van der Waals surface area (Å²) in [6.45, 7) is 2.12. The van der Waals surface area contributed by atoms with Crippen LogP contribution in [0.3, 0.4) is 0 Å². The van der Waals surface area contributed by atoms with E-state index in [9.17, 15) is 9.59 Å². The van der Waals surface area contributed by atoms with Gasteiger partial charge in [0.25, 0.3) is 5.91 Å². The topological polar surface area (TPSA) is 94.2 Å². The van der Waals surface area contributed by atoms with Crippen molar-refractivity contribution in [2.24, 2.45) is 13.0 Å². The Hall–Kier alpha value is -2.25. The van der Waals surface area contributed by atoms with Gasteiger partial charge < -0.3 is 5.32 Å². The van der Waals surface area contributed by atoms with Crippen LogP contribution >= 0.6 is 0 Å². The second kappa shape index (κ2) is 4.69. The second-order valence-electron chi connectivity index (χ2n) is 5.27. The zero-order valence-electron chi connectivity index (χ0n) is 11.4. The van der Waals surface area contributed by atoms with Gasteiger partial charge in [0.2, 0.25) is 0 Å². The van der Waals surface area contributed by atoms with E-state index in [2.05, 4.69) is 27.5 Å². The fraction of sp³-hybridized carbons (Fsp3) is 0.583. The van der Waals surface area contributed by atoms with Gasteiger partial charge in [-0.15, -0.1) is 5.10 Å². The summed E-state index contributed by atoms with van der Waals surface area (Å²) in [5.74, 6) is 0.167. The Kier molecular flexibility index (Phi) is 3.00. The van der Waals surface area contributed by atoms with Gasteiger partial charge in [-0.2, -0.15) is 4.68 Å². The van der Waals surface area contributed by atoms with E-state index in [0.717, 1.165) is 23.9 Å². The Morgan fingerprint density at radius 1 is 1.45 bits per heavy atom. The van der Waals surface area contributed by atoms with Crippen LogP contribution < -0.4 is 11.0 Å². The lowest BCUT2D eigenvalue weighted by atomic mass is 10.1. The van der Waals surface area contributed by atoms with Gasteiger partial charge in [-0.25, -0.2) is 14.2 Å². The number of aromatic nitrogens is 5. The fourth-order valence-electron chi connectivity index (χ4n) is 2.64. The molecule has 0 aliphatic heterocycles. The molecule has 0 saturated heterocycles. The zero-order chi connectivity index (χ0) is 14.3. The molecule has 106 valence electrons. The van der Waals surface area contributed by atoms with E-state index in [1.165, 1.54) is 17.8 Å². The van der Waals surface area contributed by atoms with Gasteiger partial charge in [0, 0.05) is 13.1 Å². The minimum atomic E-state index is -0.379. The van der Waals surface area contributed by atoms with E-state index in [-0.39, 0.29) is 29.0 Å². The van der Waals surface area contributed by atoms with E-state index in [0.29, 0.717) is 5.92 Å². The number of fused-ring (bicyclic) bond motifs is 1. The Balaban J connectivity index is 1.92. The van der Waals surface area contributed by atoms with Gasteiger partial charge in [0.15, 0.2) is 11.3 Å². The van der Waals surface area contributed by atoms with Crippen LogP contribution in [0, 0.1) is 5.92 Å². The third-order valence-electron chi connectivity index (χ3n) is 3.89. The highest BCUT2D eigenvalue weighted by Crippen LogP contribution is 2.25. The second-order valence-corrected chi connectivity index (χ2v) is 5.27. The standard InChI is InChI=1S/C12H16N6O2/c1-7-4-3-5-8(7)14-11(19)9-10-15-16-17(2)12(20)18(10)6-13-9/h6-8H,3-5H2,1-2H3,(H,14,19). The Morgan fingerprint density at radius 3 is 2.95 bits per heavy atom. The fourth-order valence-corrected chi connectivity index (χ4v) is 2.64. The SMILES string of the molecule is CC1CCCC1NC(=O)c1ncn2c(=O)n(C)nnc12. The molecule has 0 spiro atoms. The van der Waals surface area contributed by atoms with Crippen LogP contribution in [0.4, 0.5) is 0 Å². The molecule has 1 aliphatic carbocycles. The first kappa shape index (κ1) is 12.8. The predicted molar refractivity (Wildman–Crippen MR) is 70.3 cm³/mol. The van der Waals surface area contributed by atoms with Crippen LogP contribution in [0.1, 0.15) is 36.7 Å². The first-order valence-corrected chi connectivity index (χ1v) is 6.66. The minimum Gasteiger partial charge on any atom is -0.348 e. The van der Waals surface area contributed by atoms with Gasteiger partial charge >= 0.3 is 5.69 Å². The van der Waals surface area contributed by atoms with Crippen LogP contribution in [0.5, 0.6) is 0 Å². The van der Waals surface area contributed by atoms with Crippen molar-refractivity contribution in [2.45, 2.75) is 32.2 Å². The molecule has 2 atom stereocenters. The van der Waals surface area contributed by atoms with Gasteiger partial charge in [0.1, 0.15) is 6.33 Å². The normalized spacial score (nSPS) is 22.3. The molecular formula is C12H16N6O2. The number of carbonyl (C=O) groups is 1. The largest absolute Gasteiger partial charge is 0.352 e. The molecule has 2 aromatic rings. The summed E-state index contributed by atoms with van der Waals surface area (Å²) in [5, 5.41) is 10.5. The number of carbonyl (C=O) groups excluding carboxylic acids is 1. The summed E-state index contributed by atoms with van der Waals surface area (Å²) in [6, 6.07) is 0.166. The molecule has 1 saturated carbocycles. The van der Waals surface area contributed by atoms with Crippen molar-refractivity contribution in [3.8, 4) is 0 Å². The van der Waals surface area contributed by atoms with Gasteiger partial charge in [-0.1, -0.05) is 18.6 Å². The molecule has 2 aromatic heterocycles. The maximum atomic E-state index is 12.3. The quantitative estimate of drug-likeness (QED) is 0.815. The molecule has 2 unspecified atom stereocenters. The molecule has 0 aromatic carbocycles. The number of nitrogens with one attached hydrogen (secondary N) is 1. The smallest absolute Gasteiger partial charge is 0.348 e. The summed E-state index contributed by atoms with van der Waals surface area (Å²) in [5.41, 5.74) is -0.0404. The number of nitrogens with zero attached hydrogens (tertiary/aromatic N) is 5. The van der Waals surface area contributed by atoms with Crippen molar-refractivity contribution in [1.29, 1.82) is 0 Å². The molecule has 8 heteroatoms. The van der Waals surface area contributed by atoms with Gasteiger partial charge in [-0.05, 0) is 18.8 Å². The summed E-state index contributed by atoms with van der Waals surface area (Å²) in [7, 11) is 1.49. The van der Waals surface area contributed by atoms with Crippen molar-refractivity contribution in [3.05, 3.63) is 22.5 Å². The van der Waals surface area contributed by atoms with Crippen LogP contribution in [0.15, 0.2) is 11.1 Å². The number of amides is 1. The van der Waals surface area contributed by atoms with Crippen molar-refractivity contribution in [3.63, 3.8) is 0 Å². The zero-order valence-corrected chi connectivity index (χ0v) is 11.4. The highest BCUT2D eigenvalue weighted by Gasteiger charge is 2.27. The third kappa shape index (κ3) is 1.97. The summed E-state index contributed by atoms with van der Waals surface area (Å²) in [6.07, 6.45) is 4.52. The van der Waals surface area contributed by atoms with Crippen molar-refractivity contribution >= 4 is 11.6 Å². The maximum absolute atomic E-state index is 12.3. The Labute approximate surface area is 114 Å². The molecule has 1 amide bonds. The Bertz CT molecular complexity index is 718. The van der Waals surface area contributed by atoms with E-state index in [1.54, 1.807) is 0 Å². The van der Waals surface area contributed by atoms with E-state index in [4.69, 9.17) is 0 Å². The summed E-state index contributed by atoms with van der Waals surface area (Å²) in [4.78, 5) is 28.1. The molecule has 1 fully saturated rings. The molecule has 2 heterocycles. The Morgan fingerprint density at radius 2 is 2.25 bits per heavy atom. The first-order valence-electron chi connectivity index (χ1n) is 6.66. The highest BCUT2D eigenvalue weighted by atomic mass is 16.2. The van der Waals surface area contributed by atoms with Crippen LogP contribution in [0.25, 0.3) is 5.65 Å². The van der Waals surface area contributed by atoms with Gasteiger partial charge in [0.05, 0.1) is 0 Å². The number of hydrogen-bond acceptors (Lipinski definition) is 5. The lowest BCUT2D eigenvalue weighted by Crippen LogP contribution is -2.37. The van der Waals surface area contributed by atoms with Gasteiger partial charge in [-0.3, -0.25) is 4.79 Å². The van der Waals surface area contributed by atoms with Crippen LogP contribution in [0.2, 0.25) is 0 Å². The van der Waals surface area contributed by atoms with E-state index >= 15 is 0 Å². The average Bonchev–Trinajstić information content (AvgIpc) is 3.01. The molecule has 1 N–H and O–H groups in total. The monoisotopic (exact) mass is 276 g/mol. The van der Waals surface area contributed by atoms with E-state index in [1.807, 2.05) is 0 Å². The number of rotatable bonds is 2. The number of imidazole rings is 1. The first-order chi connectivity index (χ1) is 9.58. The number of hydrogen-bond donors (Lipinski definition) is 1. The lowest BCUT2D eigenvalue weighted by molar-refractivity contribution is 0.0926. The maximum Gasteiger partial charge on any atom is 0.352 e. The molecular weight excluding hydrogens is 260 g/mol. The summed E-state index contributed by atoms with van der Waals surface area (Å²) < 4.78 is 2.31. The molecule has 8 nitrogen and oxygen atoms in total. The average molecular weight is 276 g/mol. The van der Waals surface area contributed by atoms with Crippen molar-refractivity contribution < 1.29 is 4.79 Å². The summed E-state index contributed by atoms with van der Waals surface area (Å²) >= 11 is 0. The molecule has 0 radical (unpaired) electrons. The molecule has 3 rings (SSSR count). The minimum absolute atomic E-state index is 0.148. The van der Waals surface area contributed by atoms with Crippen molar-refractivity contribution in [2.75, 3.05) is 0 Å². The predicted octanol–water partition coefficient (Wildman–Crippen LogP) is -0.259. The third-order valence-corrected chi connectivity index (χ3v) is 3.89. The van der Waals surface area contributed by atoms with Crippen LogP contribution in [-0.4, -0.2) is 36.3 Å². The number of aryl methyl sites for hydroxylation is 1. The highest BCUT2D eigenvalue weighted by molar-refractivity contribution is 5.98. The molecule has 0 bridgehead atoms. The lowest BCUT2D eigenvalue weighted by Gasteiger charge is -2.16. The van der Waals surface area contributed by atoms with Crippen molar-refractivity contribution in [1.82, 2.24) is 29.7 Å². The molecule has 1 aliphatic rings. The molecule has 20 heavy (non-hydrogen) atoms.